The van der Waals surface area contributed by atoms with E-state index in [0.29, 0.717) is 17.2 Å². The highest BCUT2D eigenvalue weighted by atomic mass is 16.5. The monoisotopic (exact) mass is 515 g/mol. The predicted molar refractivity (Wildman–Crippen MR) is 147 cm³/mol. The molecule has 2 amide bonds. The molecular formula is C33H25NO5. The van der Waals surface area contributed by atoms with Crippen LogP contribution < -0.4 is 14.4 Å². The zero-order valence-corrected chi connectivity index (χ0v) is 21.5. The second kappa shape index (κ2) is 8.67. The van der Waals surface area contributed by atoms with Gasteiger partial charge in [-0.1, -0.05) is 66.7 Å². The van der Waals surface area contributed by atoms with Crippen molar-refractivity contribution in [2.75, 3.05) is 12.0 Å². The molecule has 1 saturated heterocycles. The van der Waals surface area contributed by atoms with Gasteiger partial charge >= 0.3 is 5.97 Å². The van der Waals surface area contributed by atoms with E-state index in [-0.39, 0.29) is 11.8 Å². The normalized spacial score (nSPS) is 23.6. The van der Waals surface area contributed by atoms with Crippen molar-refractivity contribution in [2.24, 2.45) is 17.8 Å². The number of imide groups is 1. The summed E-state index contributed by atoms with van der Waals surface area (Å²) in [5.41, 5.74) is 3.80. The molecule has 0 bridgehead atoms. The molecule has 0 unspecified atom stereocenters. The number of fused-ring (bicyclic) bond motifs is 7. The van der Waals surface area contributed by atoms with E-state index in [4.69, 9.17) is 9.47 Å². The van der Waals surface area contributed by atoms with Crippen LogP contribution in [0.15, 0.2) is 91.0 Å². The second-order valence-corrected chi connectivity index (χ2v) is 10.3. The number of ether oxygens (including phenoxy) is 2. The van der Waals surface area contributed by atoms with E-state index in [9.17, 15) is 14.4 Å². The van der Waals surface area contributed by atoms with Crippen LogP contribution in [0.5, 0.6) is 11.5 Å². The quantitative estimate of drug-likeness (QED) is 0.199. The second-order valence-electron chi connectivity index (χ2n) is 10.3. The fraction of sp³-hybridized carbons (Fsp3) is 0.182. The van der Waals surface area contributed by atoms with Crippen molar-refractivity contribution >= 4 is 39.8 Å². The van der Waals surface area contributed by atoms with E-state index < -0.39 is 29.6 Å². The third-order valence-electron chi connectivity index (χ3n) is 8.34. The number of esters is 1. The third kappa shape index (κ3) is 3.37. The van der Waals surface area contributed by atoms with Crippen molar-refractivity contribution in [3.63, 3.8) is 0 Å². The van der Waals surface area contributed by atoms with Gasteiger partial charge in [-0.2, -0.15) is 0 Å². The van der Waals surface area contributed by atoms with Crippen LogP contribution in [0.2, 0.25) is 0 Å². The topological polar surface area (TPSA) is 72.9 Å². The van der Waals surface area contributed by atoms with Crippen molar-refractivity contribution < 1.29 is 23.9 Å². The van der Waals surface area contributed by atoms with Crippen molar-refractivity contribution in [3.8, 4) is 11.5 Å². The van der Waals surface area contributed by atoms with Gasteiger partial charge in [-0.15, -0.1) is 0 Å². The molecule has 4 atom stereocenters. The summed E-state index contributed by atoms with van der Waals surface area (Å²) in [6.07, 6.45) is 2.02. The first kappa shape index (κ1) is 23.4. The van der Waals surface area contributed by atoms with Crippen LogP contribution in [0.3, 0.4) is 0 Å². The van der Waals surface area contributed by atoms with E-state index in [1.165, 1.54) is 4.90 Å². The predicted octanol–water partition coefficient (Wildman–Crippen LogP) is 5.68. The van der Waals surface area contributed by atoms with Gasteiger partial charge in [-0.25, -0.2) is 4.90 Å². The van der Waals surface area contributed by atoms with Crippen molar-refractivity contribution in [3.05, 3.63) is 108 Å². The zero-order valence-electron chi connectivity index (χ0n) is 21.5. The Morgan fingerprint density at radius 3 is 2.28 bits per heavy atom. The molecule has 4 aromatic rings. The van der Waals surface area contributed by atoms with E-state index in [1.54, 1.807) is 13.2 Å². The van der Waals surface area contributed by atoms with Gasteiger partial charge in [0.05, 0.1) is 30.6 Å². The van der Waals surface area contributed by atoms with Crippen LogP contribution in [0, 0.1) is 24.7 Å². The number of carbonyl (C=O) groups is 3. The molecule has 1 aliphatic carbocycles. The maximum atomic E-state index is 14.2. The Morgan fingerprint density at radius 1 is 0.795 bits per heavy atom. The molecule has 39 heavy (non-hydrogen) atoms. The highest BCUT2D eigenvalue weighted by molar-refractivity contribution is 6.25. The summed E-state index contributed by atoms with van der Waals surface area (Å²) < 4.78 is 11.2. The Kier molecular flexibility index (Phi) is 5.20. The van der Waals surface area contributed by atoms with Gasteiger partial charge in [0.2, 0.25) is 11.8 Å². The molecule has 0 radical (unpaired) electrons. The summed E-state index contributed by atoms with van der Waals surface area (Å²) in [6, 6.07) is 26.6. The first-order valence-corrected chi connectivity index (χ1v) is 13.0. The standard InChI is InChI=1S/C33H25NO5/c1-18-7-3-6-10-25(18)34-31(35)28-23(20-11-14-21(38-2)15-12-20)17-24-27-22-9-5-4-8-19(22)13-16-26(27)39-33(37)29(24)30(28)32(34)36/h3-17,23,28-30H,1-2H3/t23-,28+,29-,30-/m0/s1. The van der Waals surface area contributed by atoms with Crippen LogP contribution in [-0.4, -0.2) is 24.9 Å². The van der Waals surface area contributed by atoms with Gasteiger partial charge in [-0.05, 0) is 58.7 Å². The van der Waals surface area contributed by atoms with E-state index in [1.807, 2.05) is 91.9 Å². The number of hydrogen-bond donors (Lipinski definition) is 0. The number of methoxy groups -OCH3 is 1. The van der Waals surface area contributed by atoms with Gasteiger partial charge < -0.3 is 9.47 Å². The number of allylic oxidation sites excluding steroid dienone is 1. The summed E-state index contributed by atoms with van der Waals surface area (Å²) in [4.78, 5) is 43.2. The molecule has 6 nitrogen and oxygen atoms in total. The van der Waals surface area contributed by atoms with E-state index in [2.05, 4.69) is 0 Å². The van der Waals surface area contributed by atoms with Crippen molar-refractivity contribution in [1.29, 1.82) is 0 Å². The SMILES string of the molecule is COc1ccc([C@@H]2C=C3c4c(ccc5ccccc45)OC(=O)[C@@H]3[C@H]3C(=O)N(c4ccccc4C)C(=O)[C@@H]32)cc1. The number of carbonyl (C=O) groups excluding carboxylic acids is 3. The Hall–Kier alpha value is -4.71. The number of aryl methyl sites for hydroxylation is 1. The van der Waals surface area contributed by atoms with E-state index >= 15 is 0 Å². The maximum Gasteiger partial charge on any atom is 0.319 e. The zero-order chi connectivity index (χ0) is 26.8. The minimum atomic E-state index is -0.885. The number of hydrogen-bond acceptors (Lipinski definition) is 5. The minimum absolute atomic E-state index is 0.299. The molecule has 0 saturated carbocycles. The summed E-state index contributed by atoms with van der Waals surface area (Å²) >= 11 is 0. The van der Waals surface area contributed by atoms with Crippen LogP contribution >= 0.6 is 0 Å². The Bertz CT molecular complexity index is 1720. The fourth-order valence-corrected chi connectivity index (χ4v) is 6.54. The summed E-state index contributed by atoms with van der Waals surface area (Å²) in [5.74, 6) is -2.93. The summed E-state index contributed by atoms with van der Waals surface area (Å²) in [7, 11) is 1.60. The molecule has 3 aliphatic rings. The van der Waals surface area contributed by atoms with Gasteiger partial charge in [0.1, 0.15) is 11.5 Å². The number of rotatable bonds is 3. The van der Waals surface area contributed by atoms with Crippen LogP contribution in [-0.2, 0) is 14.4 Å². The molecular weight excluding hydrogens is 490 g/mol. The molecule has 1 fully saturated rings. The van der Waals surface area contributed by atoms with Gasteiger partial charge in [0.25, 0.3) is 0 Å². The summed E-state index contributed by atoms with van der Waals surface area (Å²) in [5, 5.41) is 1.95. The minimum Gasteiger partial charge on any atom is -0.497 e. The van der Waals surface area contributed by atoms with Gasteiger partial charge in [0, 0.05) is 11.5 Å². The first-order chi connectivity index (χ1) is 19.0. The lowest BCUT2D eigenvalue weighted by Gasteiger charge is -2.38. The largest absolute Gasteiger partial charge is 0.497 e. The number of benzene rings is 4. The lowest BCUT2D eigenvalue weighted by molar-refractivity contribution is -0.142. The molecule has 4 aromatic carbocycles. The van der Waals surface area contributed by atoms with Crippen LogP contribution in [0.4, 0.5) is 5.69 Å². The number of para-hydroxylation sites is 1. The average Bonchev–Trinajstić information content (AvgIpc) is 3.22. The molecule has 7 rings (SSSR count). The molecule has 0 spiro atoms. The van der Waals surface area contributed by atoms with E-state index in [0.717, 1.165) is 33.0 Å². The van der Waals surface area contributed by atoms with Gasteiger partial charge in [0.15, 0.2) is 0 Å². The van der Waals surface area contributed by atoms with Crippen molar-refractivity contribution in [2.45, 2.75) is 12.8 Å². The number of nitrogens with zero attached hydrogens (tertiary/aromatic N) is 1. The van der Waals surface area contributed by atoms with Crippen LogP contribution in [0.25, 0.3) is 16.3 Å². The lowest BCUT2D eigenvalue weighted by Crippen LogP contribution is -2.42. The number of amides is 2. The smallest absolute Gasteiger partial charge is 0.319 e. The molecule has 0 N–H and O–H groups in total. The molecule has 2 aliphatic heterocycles. The van der Waals surface area contributed by atoms with Crippen molar-refractivity contribution in [1.82, 2.24) is 0 Å². The Balaban J connectivity index is 1.47. The Labute approximate surface area is 225 Å². The number of anilines is 1. The maximum absolute atomic E-state index is 14.2. The molecule has 192 valence electrons. The molecule has 2 heterocycles. The van der Waals surface area contributed by atoms with Crippen LogP contribution in [0.1, 0.15) is 22.6 Å². The third-order valence-corrected chi connectivity index (χ3v) is 8.34. The molecule has 0 aromatic heterocycles. The van der Waals surface area contributed by atoms with Gasteiger partial charge in [-0.3, -0.25) is 14.4 Å². The fourth-order valence-electron chi connectivity index (χ4n) is 6.54. The highest BCUT2D eigenvalue weighted by Gasteiger charge is 2.60. The summed E-state index contributed by atoms with van der Waals surface area (Å²) in [6.45, 7) is 1.87. The Morgan fingerprint density at radius 2 is 1.51 bits per heavy atom. The first-order valence-electron chi connectivity index (χ1n) is 13.0. The lowest BCUT2D eigenvalue weighted by atomic mass is 9.64. The highest BCUT2D eigenvalue weighted by Crippen LogP contribution is 2.56. The average molecular weight is 516 g/mol. The molecule has 6 heteroatoms.